The Balaban J connectivity index is 0.000000149. The van der Waals surface area contributed by atoms with Crippen LogP contribution in [0.1, 0.15) is 0 Å². The largest absolute Gasteiger partial charge is 1.00 e. The molecule has 0 atom stereocenters. The standard InChI is InChI=1S/C16H13N2O.C15H10N2O.C2H2.HI/c1-17-9-10-18(11-17)14-7-4-6-13-12-5-2-3-8-15(12)19-16(13)14;1-2-7-14-11(4-1)12-5-3-6-13(15(12)18-14)17-9-8-16-10-17;1-2;/h2-11H,1H3;1-10H;1-2H;1H/q+1;;;/p-1. The molecule has 0 aliphatic rings. The second-order valence-corrected chi connectivity index (χ2v) is 8.96. The lowest BCUT2D eigenvalue weighted by molar-refractivity contribution is -0.670. The van der Waals surface area contributed by atoms with Crippen molar-refractivity contribution in [1.82, 2.24) is 14.1 Å². The number of aromatic nitrogens is 4. The number of terminal acetylenes is 1. The lowest BCUT2D eigenvalue weighted by Crippen LogP contribution is -3.00. The molecule has 0 aliphatic carbocycles. The molecule has 196 valence electrons. The third-order valence-corrected chi connectivity index (χ3v) is 6.60. The minimum atomic E-state index is 0. The van der Waals surface area contributed by atoms with Crippen LogP contribution in [0.5, 0.6) is 0 Å². The summed E-state index contributed by atoms with van der Waals surface area (Å²) in [5.74, 6) is 0. The number of benzene rings is 4. The maximum absolute atomic E-state index is 6.02. The number of fused-ring (bicyclic) bond motifs is 6. The molecular formula is C33H25IN4O2. The van der Waals surface area contributed by atoms with Gasteiger partial charge in [-0.3, -0.25) is 0 Å². The van der Waals surface area contributed by atoms with Gasteiger partial charge in [-0.05, 0) is 24.3 Å². The molecule has 0 N–H and O–H groups in total. The Morgan fingerprint density at radius 2 is 1.18 bits per heavy atom. The van der Waals surface area contributed by atoms with Crippen molar-refractivity contribution in [2.45, 2.75) is 0 Å². The molecule has 0 spiro atoms. The predicted octanol–water partition coefficient (Wildman–Crippen LogP) is 4.23. The Bertz CT molecular complexity index is 2060. The van der Waals surface area contributed by atoms with Crippen LogP contribution in [0.2, 0.25) is 0 Å². The summed E-state index contributed by atoms with van der Waals surface area (Å²) < 4.78 is 18.0. The monoisotopic (exact) mass is 636 g/mol. The molecule has 0 amide bonds. The van der Waals surface area contributed by atoms with Gasteiger partial charge in [-0.25, -0.2) is 9.55 Å². The molecule has 4 aromatic carbocycles. The third-order valence-electron chi connectivity index (χ3n) is 6.60. The van der Waals surface area contributed by atoms with E-state index >= 15 is 0 Å². The highest BCUT2D eigenvalue weighted by molar-refractivity contribution is 6.08. The lowest BCUT2D eigenvalue weighted by Gasteiger charge is -2.01. The van der Waals surface area contributed by atoms with E-state index in [-0.39, 0.29) is 24.0 Å². The van der Waals surface area contributed by atoms with Crippen LogP contribution in [0, 0.1) is 12.8 Å². The highest BCUT2D eigenvalue weighted by atomic mass is 127. The summed E-state index contributed by atoms with van der Waals surface area (Å²) in [4.78, 5) is 4.08. The van der Waals surface area contributed by atoms with Crippen LogP contribution in [0.25, 0.3) is 55.3 Å². The molecule has 0 aliphatic heterocycles. The van der Waals surface area contributed by atoms with Crippen molar-refractivity contribution in [2.24, 2.45) is 7.05 Å². The fourth-order valence-corrected chi connectivity index (χ4v) is 4.87. The van der Waals surface area contributed by atoms with Crippen molar-refractivity contribution in [3.8, 4) is 24.2 Å². The van der Waals surface area contributed by atoms with Crippen LogP contribution in [-0.2, 0) is 7.05 Å². The number of nitrogens with zero attached hydrogens (tertiary/aromatic N) is 4. The Morgan fingerprint density at radius 1 is 0.650 bits per heavy atom. The third kappa shape index (κ3) is 4.74. The predicted molar refractivity (Wildman–Crippen MR) is 155 cm³/mol. The SMILES string of the molecule is C#C.C[n+]1ccn(-c2cccc3c2oc2ccccc23)c1.[I-].c1ccc2c(c1)oc1c(-n3ccnc3)cccc12. The van der Waals surface area contributed by atoms with Gasteiger partial charge in [0.2, 0.25) is 6.33 Å². The average molecular weight is 636 g/mol. The minimum absolute atomic E-state index is 0. The Hall–Kier alpha value is -4.81. The van der Waals surface area contributed by atoms with E-state index in [0.29, 0.717) is 0 Å². The van der Waals surface area contributed by atoms with Gasteiger partial charge in [-0.1, -0.05) is 60.7 Å². The van der Waals surface area contributed by atoms with Gasteiger partial charge in [0.05, 0.1) is 19.1 Å². The number of para-hydroxylation sites is 4. The fraction of sp³-hybridized carbons (Fsp3) is 0.0303. The summed E-state index contributed by atoms with van der Waals surface area (Å²) in [6.07, 6.45) is 19.5. The van der Waals surface area contributed by atoms with Crippen LogP contribution in [0.4, 0.5) is 0 Å². The molecule has 0 saturated heterocycles. The van der Waals surface area contributed by atoms with Gasteiger partial charge in [0.1, 0.15) is 23.6 Å². The van der Waals surface area contributed by atoms with E-state index in [4.69, 9.17) is 8.83 Å². The Labute approximate surface area is 248 Å². The summed E-state index contributed by atoms with van der Waals surface area (Å²) >= 11 is 0. The van der Waals surface area contributed by atoms with Gasteiger partial charge in [-0.2, -0.15) is 4.57 Å². The summed E-state index contributed by atoms with van der Waals surface area (Å²) in [7, 11) is 2.01. The Kier molecular flexibility index (Phi) is 7.71. The molecule has 8 rings (SSSR count). The molecule has 7 heteroatoms. The van der Waals surface area contributed by atoms with Gasteiger partial charge >= 0.3 is 0 Å². The molecule has 0 radical (unpaired) electrons. The topological polar surface area (TPSA) is 52.9 Å². The summed E-state index contributed by atoms with van der Waals surface area (Å²) in [6, 6.07) is 28.6. The number of hydrogen-bond donors (Lipinski definition) is 0. The highest BCUT2D eigenvalue weighted by Crippen LogP contribution is 2.33. The molecule has 8 aromatic rings. The van der Waals surface area contributed by atoms with E-state index in [0.717, 1.165) is 55.3 Å². The molecule has 4 heterocycles. The van der Waals surface area contributed by atoms with Crippen LogP contribution < -0.4 is 28.5 Å². The molecule has 0 saturated carbocycles. The molecule has 0 fully saturated rings. The van der Waals surface area contributed by atoms with Crippen molar-refractivity contribution in [3.05, 3.63) is 122 Å². The number of furan rings is 2. The second kappa shape index (κ2) is 11.5. The molecular weight excluding hydrogens is 611 g/mol. The van der Waals surface area contributed by atoms with E-state index in [9.17, 15) is 0 Å². The number of halogens is 1. The van der Waals surface area contributed by atoms with Gasteiger partial charge in [0, 0.05) is 33.9 Å². The van der Waals surface area contributed by atoms with Crippen molar-refractivity contribution in [1.29, 1.82) is 0 Å². The van der Waals surface area contributed by atoms with Crippen molar-refractivity contribution in [3.63, 3.8) is 0 Å². The summed E-state index contributed by atoms with van der Waals surface area (Å²) in [6.45, 7) is 0. The van der Waals surface area contributed by atoms with Crippen molar-refractivity contribution in [2.75, 3.05) is 0 Å². The first-order chi connectivity index (χ1) is 19.3. The minimum Gasteiger partial charge on any atom is -1.00 e. The molecule has 0 bridgehead atoms. The maximum Gasteiger partial charge on any atom is 0.248 e. The first kappa shape index (κ1) is 26.8. The normalized spacial score (nSPS) is 10.6. The first-order valence-corrected chi connectivity index (χ1v) is 12.4. The zero-order valence-corrected chi connectivity index (χ0v) is 23.8. The fourth-order valence-electron chi connectivity index (χ4n) is 4.87. The van der Waals surface area contributed by atoms with Crippen molar-refractivity contribution >= 4 is 43.9 Å². The zero-order valence-electron chi connectivity index (χ0n) is 21.7. The van der Waals surface area contributed by atoms with E-state index in [2.05, 4.69) is 58.8 Å². The quantitative estimate of drug-likeness (QED) is 0.162. The zero-order chi connectivity index (χ0) is 26.8. The number of hydrogen-bond acceptors (Lipinski definition) is 3. The van der Waals surface area contributed by atoms with E-state index in [1.54, 1.807) is 12.5 Å². The van der Waals surface area contributed by atoms with Gasteiger partial charge in [-0.15, -0.1) is 12.8 Å². The van der Waals surface area contributed by atoms with E-state index < -0.39 is 0 Å². The van der Waals surface area contributed by atoms with E-state index in [1.807, 2.05) is 89.6 Å². The number of rotatable bonds is 2. The van der Waals surface area contributed by atoms with Crippen molar-refractivity contribution < 1.29 is 37.4 Å². The Morgan fingerprint density at radius 3 is 1.68 bits per heavy atom. The van der Waals surface area contributed by atoms with Gasteiger partial charge < -0.3 is 37.4 Å². The second-order valence-electron chi connectivity index (χ2n) is 8.96. The summed E-state index contributed by atoms with van der Waals surface area (Å²) in [5.41, 5.74) is 5.76. The van der Waals surface area contributed by atoms with Crippen LogP contribution in [0.3, 0.4) is 0 Å². The molecule has 6 nitrogen and oxygen atoms in total. The van der Waals surface area contributed by atoms with E-state index in [1.165, 1.54) is 0 Å². The lowest BCUT2D eigenvalue weighted by atomic mass is 10.1. The first-order valence-electron chi connectivity index (χ1n) is 12.4. The molecule has 4 aromatic heterocycles. The molecule has 0 unspecified atom stereocenters. The van der Waals surface area contributed by atoms with Crippen LogP contribution >= 0.6 is 0 Å². The highest BCUT2D eigenvalue weighted by Gasteiger charge is 2.15. The number of aryl methyl sites for hydroxylation is 1. The summed E-state index contributed by atoms with van der Waals surface area (Å²) in [5, 5.41) is 4.60. The van der Waals surface area contributed by atoms with Crippen LogP contribution in [-0.4, -0.2) is 14.1 Å². The number of imidazole rings is 2. The van der Waals surface area contributed by atoms with Crippen LogP contribution in [0.15, 0.2) is 131 Å². The van der Waals surface area contributed by atoms with Gasteiger partial charge in [0.25, 0.3) is 0 Å². The van der Waals surface area contributed by atoms with Gasteiger partial charge in [0.15, 0.2) is 16.9 Å². The smallest absolute Gasteiger partial charge is 0.248 e. The molecule has 40 heavy (non-hydrogen) atoms. The maximum atomic E-state index is 6.02. The average Bonchev–Trinajstić information content (AvgIpc) is 3.79.